The van der Waals surface area contributed by atoms with Crippen LogP contribution in [0.15, 0.2) is 6.20 Å². The van der Waals surface area contributed by atoms with Gasteiger partial charge in [-0.05, 0) is 5.56 Å². The summed E-state index contributed by atoms with van der Waals surface area (Å²) in [6.07, 6.45) is -8.84. The van der Waals surface area contributed by atoms with Gasteiger partial charge in [0.2, 0.25) is 0 Å². The average molecular weight is 284 g/mol. The molecule has 0 saturated heterocycles. The van der Waals surface area contributed by atoms with Crippen molar-refractivity contribution in [2.75, 3.05) is 0 Å². The van der Waals surface area contributed by atoms with Crippen LogP contribution in [0, 0.1) is 0 Å². The molecule has 1 aromatic rings. The molecule has 106 valence electrons. The van der Waals surface area contributed by atoms with E-state index in [4.69, 9.17) is 10.8 Å². The zero-order chi connectivity index (χ0) is 14.8. The Bertz CT molecular complexity index is 488. The smallest absolute Gasteiger partial charge is 0.418 e. The van der Waals surface area contributed by atoms with Crippen molar-refractivity contribution in [2.45, 2.75) is 25.6 Å². The van der Waals surface area contributed by atoms with Gasteiger partial charge in [0.1, 0.15) is 0 Å². The Morgan fingerprint density at radius 1 is 1.42 bits per heavy atom. The third-order valence-corrected chi connectivity index (χ3v) is 2.32. The molecule has 0 radical (unpaired) electrons. The molecule has 1 aromatic heterocycles. The van der Waals surface area contributed by atoms with Crippen LogP contribution in [0.2, 0.25) is 0 Å². The normalized spacial score (nSPS) is 11.9. The van der Waals surface area contributed by atoms with Crippen molar-refractivity contribution < 1.29 is 31.9 Å². The van der Waals surface area contributed by atoms with Crippen molar-refractivity contribution in [3.8, 4) is 0 Å². The number of nitrogens with zero attached hydrogens (tertiary/aromatic N) is 1. The van der Waals surface area contributed by atoms with Crippen LogP contribution in [-0.4, -0.2) is 16.1 Å². The zero-order valence-corrected chi connectivity index (χ0v) is 9.34. The fourth-order valence-corrected chi connectivity index (χ4v) is 1.63. The monoisotopic (exact) mass is 284 g/mol. The van der Waals surface area contributed by atoms with E-state index in [9.17, 15) is 26.7 Å². The third kappa shape index (κ3) is 3.37. The van der Waals surface area contributed by atoms with Gasteiger partial charge in [0.25, 0.3) is 6.43 Å². The minimum Gasteiger partial charge on any atom is -0.481 e. The second kappa shape index (κ2) is 5.47. The molecule has 0 aliphatic carbocycles. The Balaban J connectivity index is 3.58. The number of pyridine rings is 1. The van der Waals surface area contributed by atoms with Crippen LogP contribution in [0.4, 0.5) is 22.0 Å². The third-order valence-electron chi connectivity index (χ3n) is 2.32. The van der Waals surface area contributed by atoms with Crippen LogP contribution in [0.3, 0.4) is 0 Å². The van der Waals surface area contributed by atoms with E-state index in [1.54, 1.807) is 0 Å². The first-order valence-corrected chi connectivity index (χ1v) is 4.96. The molecule has 0 aromatic carbocycles. The summed E-state index contributed by atoms with van der Waals surface area (Å²) in [5.41, 5.74) is 0.612. The number of carbonyl (C=O) groups is 1. The first-order chi connectivity index (χ1) is 8.68. The number of aromatic nitrogens is 1. The lowest BCUT2D eigenvalue weighted by Crippen LogP contribution is -2.20. The maximum Gasteiger partial charge on any atom is 0.418 e. The molecule has 0 spiro atoms. The van der Waals surface area contributed by atoms with Gasteiger partial charge in [0.05, 0.1) is 17.7 Å². The van der Waals surface area contributed by atoms with Gasteiger partial charge < -0.3 is 10.8 Å². The Morgan fingerprint density at radius 2 is 2.00 bits per heavy atom. The SMILES string of the molecule is NCc1ncc(CC(=O)O)c(C(F)F)c1C(F)(F)F. The standard InChI is InChI=1S/C10H9F5N2O2/c11-9(12)7-4(1-6(18)19)3-17-5(2-16)8(7)10(13,14)15/h3,9H,1-2,16H2,(H,18,19). The van der Waals surface area contributed by atoms with E-state index in [-0.39, 0.29) is 0 Å². The molecule has 0 fully saturated rings. The van der Waals surface area contributed by atoms with Gasteiger partial charge in [-0.3, -0.25) is 9.78 Å². The summed E-state index contributed by atoms with van der Waals surface area (Å²) in [5, 5.41) is 8.51. The van der Waals surface area contributed by atoms with Gasteiger partial charge in [-0.25, -0.2) is 8.78 Å². The largest absolute Gasteiger partial charge is 0.481 e. The Labute approximate surface area is 104 Å². The zero-order valence-electron chi connectivity index (χ0n) is 9.34. The number of carboxylic acids is 1. The maximum atomic E-state index is 12.8. The minimum atomic E-state index is -5.08. The van der Waals surface area contributed by atoms with E-state index < -0.39 is 53.9 Å². The Kier molecular flexibility index (Phi) is 4.40. The van der Waals surface area contributed by atoms with Gasteiger partial charge >= 0.3 is 12.1 Å². The number of halogens is 5. The van der Waals surface area contributed by atoms with Crippen LogP contribution in [0.5, 0.6) is 0 Å². The highest BCUT2D eigenvalue weighted by atomic mass is 19.4. The number of hydrogen-bond donors (Lipinski definition) is 2. The Hall–Kier alpha value is -1.77. The van der Waals surface area contributed by atoms with Crippen molar-refractivity contribution in [3.05, 3.63) is 28.6 Å². The molecule has 0 atom stereocenters. The van der Waals surface area contributed by atoms with Crippen LogP contribution in [-0.2, 0) is 23.9 Å². The maximum absolute atomic E-state index is 12.8. The van der Waals surface area contributed by atoms with Gasteiger partial charge in [0.15, 0.2) is 0 Å². The first kappa shape index (κ1) is 15.3. The van der Waals surface area contributed by atoms with Crippen molar-refractivity contribution in [1.82, 2.24) is 4.98 Å². The van der Waals surface area contributed by atoms with Crippen LogP contribution < -0.4 is 5.73 Å². The number of hydrogen-bond acceptors (Lipinski definition) is 3. The van der Waals surface area contributed by atoms with Crippen LogP contribution >= 0.6 is 0 Å². The highest BCUT2D eigenvalue weighted by Gasteiger charge is 2.40. The average Bonchev–Trinajstić information content (AvgIpc) is 2.25. The number of alkyl halides is 5. The summed E-state index contributed by atoms with van der Waals surface area (Å²) in [7, 11) is 0. The van der Waals surface area contributed by atoms with Gasteiger partial charge in [-0.2, -0.15) is 13.2 Å². The Morgan fingerprint density at radius 3 is 2.37 bits per heavy atom. The fraction of sp³-hybridized carbons (Fsp3) is 0.400. The quantitative estimate of drug-likeness (QED) is 0.830. The molecule has 0 amide bonds. The number of nitrogens with two attached hydrogens (primary N) is 1. The van der Waals surface area contributed by atoms with E-state index in [1.807, 2.05) is 0 Å². The topological polar surface area (TPSA) is 76.2 Å². The summed E-state index contributed by atoms with van der Waals surface area (Å²) in [4.78, 5) is 13.8. The van der Waals surface area contributed by atoms with Gasteiger partial charge in [0, 0.05) is 18.3 Å². The molecule has 4 nitrogen and oxygen atoms in total. The van der Waals surface area contributed by atoms with Gasteiger partial charge in [-0.1, -0.05) is 0 Å². The van der Waals surface area contributed by atoms with Crippen LogP contribution in [0.1, 0.15) is 28.8 Å². The summed E-state index contributed by atoms with van der Waals surface area (Å²) >= 11 is 0. The lowest BCUT2D eigenvalue weighted by Gasteiger charge is -2.18. The molecule has 0 saturated carbocycles. The number of rotatable bonds is 4. The highest BCUT2D eigenvalue weighted by Crippen LogP contribution is 2.39. The molecule has 3 N–H and O–H groups in total. The number of carboxylic acid groups (broad SMARTS) is 1. The van der Waals surface area contributed by atoms with E-state index in [0.717, 1.165) is 0 Å². The molecule has 0 aliphatic heterocycles. The molecule has 1 rings (SSSR count). The van der Waals surface area contributed by atoms with Crippen molar-refractivity contribution >= 4 is 5.97 Å². The summed E-state index contributed by atoms with van der Waals surface area (Å²) in [6, 6.07) is 0. The minimum absolute atomic E-state index is 0.674. The van der Waals surface area contributed by atoms with Crippen molar-refractivity contribution in [3.63, 3.8) is 0 Å². The number of aliphatic carboxylic acids is 1. The molecular formula is C10H9F5N2O2. The molecular weight excluding hydrogens is 275 g/mol. The predicted octanol–water partition coefficient (Wildman–Crippen LogP) is 2.12. The summed E-state index contributed by atoms with van der Waals surface area (Å²) in [6.45, 7) is -0.679. The van der Waals surface area contributed by atoms with E-state index in [2.05, 4.69) is 4.98 Å². The van der Waals surface area contributed by atoms with E-state index in [0.29, 0.717) is 6.20 Å². The molecule has 0 unspecified atom stereocenters. The highest BCUT2D eigenvalue weighted by molar-refractivity contribution is 5.71. The molecule has 1 heterocycles. The van der Waals surface area contributed by atoms with Crippen molar-refractivity contribution in [1.29, 1.82) is 0 Å². The molecule has 9 heteroatoms. The second-order valence-electron chi connectivity index (χ2n) is 3.59. The predicted molar refractivity (Wildman–Crippen MR) is 53.4 cm³/mol. The summed E-state index contributed by atoms with van der Waals surface area (Å²) < 4.78 is 64.0. The lowest BCUT2D eigenvalue weighted by molar-refractivity contribution is -0.141. The molecule has 0 aliphatic rings. The van der Waals surface area contributed by atoms with Crippen LogP contribution in [0.25, 0.3) is 0 Å². The molecule has 0 bridgehead atoms. The van der Waals surface area contributed by atoms with Crippen molar-refractivity contribution in [2.24, 2.45) is 5.73 Å². The second-order valence-corrected chi connectivity index (χ2v) is 3.59. The summed E-state index contributed by atoms with van der Waals surface area (Å²) in [5.74, 6) is -1.53. The van der Waals surface area contributed by atoms with Gasteiger partial charge in [-0.15, -0.1) is 0 Å². The van der Waals surface area contributed by atoms with E-state index in [1.165, 1.54) is 0 Å². The lowest BCUT2D eigenvalue weighted by atomic mass is 9.98. The van der Waals surface area contributed by atoms with E-state index >= 15 is 0 Å². The first-order valence-electron chi connectivity index (χ1n) is 4.96. The fourth-order valence-electron chi connectivity index (χ4n) is 1.63. The molecule has 19 heavy (non-hydrogen) atoms.